The Hall–Kier alpha value is -3.84. The number of amides is 6. The van der Waals surface area contributed by atoms with Gasteiger partial charge in [-0.2, -0.15) is 0 Å². The van der Waals surface area contributed by atoms with Gasteiger partial charge in [-0.15, -0.1) is 0 Å². The molecule has 3 aliphatic rings. The number of likely N-dealkylation sites (tertiary alicyclic amines) is 1. The van der Waals surface area contributed by atoms with Crippen LogP contribution in [0.5, 0.6) is 0 Å². The Balaban J connectivity index is 1.27. The van der Waals surface area contributed by atoms with Gasteiger partial charge >= 0.3 is 0 Å². The molecular weight excluding hydrogens is 626 g/mol. The fourth-order valence-corrected chi connectivity index (χ4v) is 7.09. The zero-order chi connectivity index (χ0) is 35.7. The van der Waals surface area contributed by atoms with Crippen molar-refractivity contribution in [3.63, 3.8) is 0 Å². The lowest BCUT2D eigenvalue weighted by molar-refractivity contribution is -0.372. The Morgan fingerprint density at radius 2 is 1.29 bits per heavy atom. The fourth-order valence-electron chi connectivity index (χ4n) is 7.09. The van der Waals surface area contributed by atoms with Crippen LogP contribution in [0.4, 0.5) is 0 Å². The highest BCUT2D eigenvalue weighted by Gasteiger charge is 2.40. The number of hydrogen-bond donors (Lipinski definition) is 6. The van der Waals surface area contributed by atoms with Gasteiger partial charge in [0.2, 0.25) is 29.5 Å². The van der Waals surface area contributed by atoms with E-state index in [-0.39, 0.29) is 65.8 Å². The molecule has 6 amide bonds. The first-order valence-corrected chi connectivity index (χ1v) is 18.0. The Morgan fingerprint density at radius 1 is 0.776 bits per heavy atom. The van der Waals surface area contributed by atoms with Gasteiger partial charge in [0.25, 0.3) is 5.91 Å². The lowest BCUT2D eigenvalue weighted by atomic mass is 9.82. The lowest BCUT2D eigenvalue weighted by Crippen LogP contribution is -2.63. The van der Waals surface area contributed by atoms with Crippen LogP contribution in [0, 0.1) is 11.8 Å². The van der Waals surface area contributed by atoms with Gasteiger partial charge in [0.1, 0.15) is 0 Å². The summed E-state index contributed by atoms with van der Waals surface area (Å²) in [5.41, 5.74) is 9.47. The maximum absolute atomic E-state index is 13.5. The SMILES string of the molecule is CC(C)(C)c1ccc(C(=O)NC(C[NH3+])CC(=O)N[C@@H]2CCCC[C@@H]2C(=O)NC(C[NH3+])CC(=O)N[C@@H]2CCCC[C@@H]2C(=O)N2CCC2=O)cc1. The summed E-state index contributed by atoms with van der Waals surface area (Å²) in [5.74, 6) is -2.27. The summed E-state index contributed by atoms with van der Waals surface area (Å²) in [5, 5.41) is 12.0. The van der Waals surface area contributed by atoms with Gasteiger partial charge < -0.3 is 32.7 Å². The van der Waals surface area contributed by atoms with E-state index in [4.69, 9.17) is 0 Å². The smallest absolute Gasteiger partial charge is 0.251 e. The third-order valence-corrected chi connectivity index (χ3v) is 10.3. The number of nitrogens with one attached hydrogen (secondary N) is 4. The zero-order valence-corrected chi connectivity index (χ0v) is 29.5. The summed E-state index contributed by atoms with van der Waals surface area (Å²) < 4.78 is 0. The highest BCUT2D eigenvalue weighted by Crippen LogP contribution is 2.29. The molecule has 13 nitrogen and oxygen atoms in total. The number of nitrogens with zero attached hydrogens (tertiary/aromatic N) is 1. The van der Waals surface area contributed by atoms with Gasteiger partial charge in [-0.3, -0.25) is 33.7 Å². The molecule has 270 valence electrons. The van der Waals surface area contributed by atoms with E-state index in [1.54, 1.807) is 12.1 Å². The number of imide groups is 1. The molecule has 2 aliphatic carbocycles. The normalized spacial score (nSPS) is 23.8. The first kappa shape index (κ1) is 38.0. The van der Waals surface area contributed by atoms with Crippen LogP contribution in [-0.4, -0.2) is 84.1 Å². The average molecular weight is 684 g/mol. The van der Waals surface area contributed by atoms with E-state index in [1.807, 2.05) is 12.1 Å². The van der Waals surface area contributed by atoms with Crippen molar-refractivity contribution in [3.05, 3.63) is 35.4 Å². The summed E-state index contributed by atoms with van der Waals surface area (Å²) >= 11 is 0. The predicted molar refractivity (Wildman–Crippen MR) is 182 cm³/mol. The molecule has 49 heavy (non-hydrogen) atoms. The van der Waals surface area contributed by atoms with Gasteiger partial charge in [-0.25, -0.2) is 0 Å². The molecule has 2 saturated carbocycles. The Kier molecular flexibility index (Phi) is 13.3. The van der Waals surface area contributed by atoms with Crippen LogP contribution in [0.2, 0.25) is 0 Å². The minimum Gasteiger partial charge on any atom is -0.356 e. The van der Waals surface area contributed by atoms with E-state index in [0.29, 0.717) is 57.3 Å². The molecule has 2 unspecified atom stereocenters. The number of rotatable bonds is 13. The monoisotopic (exact) mass is 683 g/mol. The van der Waals surface area contributed by atoms with Crippen molar-refractivity contribution in [2.24, 2.45) is 11.8 Å². The summed E-state index contributed by atoms with van der Waals surface area (Å²) in [7, 11) is 0. The zero-order valence-electron chi connectivity index (χ0n) is 29.5. The molecule has 1 aliphatic heterocycles. The molecule has 0 aromatic heterocycles. The van der Waals surface area contributed by atoms with Crippen molar-refractivity contribution in [2.45, 2.75) is 121 Å². The molecule has 1 aromatic rings. The Bertz CT molecular complexity index is 1360. The summed E-state index contributed by atoms with van der Waals surface area (Å²) in [6.45, 7) is 7.38. The van der Waals surface area contributed by atoms with Crippen LogP contribution < -0.4 is 32.7 Å². The summed E-state index contributed by atoms with van der Waals surface area (Å²) in [4.78, 5) is 78.8. The van der Waals surface area contributed by atoms with Gasteiger partial charge in [-0.05, 0) is 48.8 Å². The predicted octanol–water partition coefficient (Wildman–Crippen LogP) is -0.0598. The van der Waals surface area contributed by atoms with E-state index < -0.39 is 23.9 Å². The quantitative estimate of drug-likeness (QED) is 0.124. The number of quaternary nitrogens is 2. The minimum atomic E-state index is -0.510. The van der Waals surface area contributed by atoms with Crippen molar-refractivity contribution in [3.8, 4) is 0 Å². The van der Waals surface area contributed by atoms with Crippen molar-refractivity contribution >= 4 is 35.4 Å². The van der Waals surface area contributed by atoms with Crippen molar-refractivity contribution < 1.29 is 40.2 Å². The molecule has 3 fully saturated rings. The van der Waals surface area contributed by atoms with Gasteiger partial charge in [0.05, 0.1) is 49.9 Å². The topological polar surface area (TPSA) is 209 Å². The van der Waals surface area contributed by atoms with Gasteiger partial charge in [0.15, 0.2) is 0 Å². The molecule has 0 radical (unpaired) electrons. The second kappa shape index (κ2) is 17.2. The number of carbonyl (C=O) groups is 6. The first-order chi connectivity index (χ1) is 23.3. The number of benzene rings is 1. The molecule has 0 spiro atoms. The third-order valence-electron chi connectivity index (χ3n) is 10.3. The van der Waals surface area contributed by atoms with Gasteiger partial charge in [-0.1, -0.05) is 58.6 Å². The maximum atomic E-state index is 13.5. The second-order valence-electron chi connectivity index (χ2n) is 15.0. The number of β-lactam (4-membered cyclic amide) rings is 1. The van der Waals surface area contributed by atoms with Crippen LogP contribution in [0.15, 0.2) is 24.3 Å². The van der Waals surface area contributed by atoms with E-state index in [1.165, 1.54) is 4.90 Å². The molecule has 1 saturated heterocycles. The van der Waals surface area contributed by atoms with E-state index in [2.05, 4.69) is 53.5 Å². The Labute approximate surface area is 289 Å². The maximum Gasteiger partial charge on any atom is 0.251 e. The van der Waals surface area contributed by atoms with Crippen LogP contribution >= 0.6 is 0 Å². The van der Waals surface area contributed by atoms with E-state index in [0.717, 1.165) is 31.2 Å². The third kappa shape index (κ3) is 10.3. The minimum absolute atomic E-state index is 0.0167. The molecular formula is C36H57N7O6+2. The number of carbonyl (C=O) groups excluding carboxylic acids is 6. The van der Waals surface area contributed by atoms with Crippen LogP contribution in [0.25, 0.3) is 0 Å². The van der Waals surface area contributed by atoms with Gasteiger partial charge in [0, 0.05) is 30.6 Å². The summed E-state index contributed by atoms with van der Waals surface area (Å²) in [6.07, 6.45) is 6.48. The van der Waals surface area contributed by atoms with E-state index >= 15 is 0 Å². The molecule has 6 atom stereocenters. The first-order valence-electron chi connectivity index (χ1n) is 18.0. The van der Waals surface area contributed by atoms with Crippen LogP contribution in [0.1, 0.15) is 107 Å². The highest BCUT2D eigenvalue weighted by atomic mass is 16.2. The average Bonchev–Trinajstić information content (AvgIpc) is 3.06. The van der Waals surface area contributed by atoms with Crippen molar-refractivity contribution in [1.29, 1.82) is 0 Å². The fraction of sp³-hybridized carbons (Fsp3) is 0.667. The van der Waals surface area contributed by atoms with Crippen LogP contribution in [0.3, 0.4) is 0 Å². The standard InChI is InChI=1S/C36H55N7O6/c1-36(2,3)23-14-12-22(13-15-23)33(47)39-24(20-37)18-30(44)41-28-10-6-4-8-26(28)34(48)40-25(21-38)19-31(45)42-29-11-7-5-9-27(29)35(49)43-17-16-32(43)46/h12-15,24-29H,4-11,16-21,37-38H2,1-3H3,(H,39,47)(H,40,48)(H,41,44)(H,42,45)/p+2/t24?,25?,26-,27-,28+,29+/m0/s1. The van der Waals surface area contributed by atoms with Crippen LogP contribution in [-0.2, 0) is 29.4 Å². The summed E-state index contributed by atoms with van der Waals surface area (Å²) in [6, 6.07) is 5.76. The molecule has 0 bridgehead atoms. The van der Waals surface area contributed by atoms with Crippen molar-refractivity contribution in [1.82, 2.24) is 26.2 Å². The Morgan fingerprint density at radius 3 is 1.78 bits per heavy atom. The lowest BCUT2D eigenvalue weighted by Gasteiger charge is -2.37. The molecule has 13 heteroatoms. The van der Waals surface area contributed by atoms with Crippen molar-refractivity contribution in [2.75, 3.05) is 19.6 Å². The molecule has 10 N–H and O–H groups in total. The molecule has 1 heterocycles. The number of hydrogen-bond acceptors (Lipinski definition) is 6. The second-order valence-corrected chi connectivity index (χ2v) is 15.0. The largest absolute Gasteiger partial charge is 0.356 e. The molecule has 4 rings (SSSR count). The molecule has 1 aromatic carbocycles. The van der Waals surface area contributed by atoms with E-state index in [9.17, 15) is 28.8 Å². The highest BCUT2D eigenvalue weighted by molar-refractivity contribution is 6.00.